The highest BCUT2D eigenvalue weighted by Crippen LogP contribution is 2.07. The Morgan fingerprint density at radius 2 is 2.42 bits per heavy atom. The lowest BCUT2D eigenvalue weighted by atomic mass is 10.1. The van der Waals surface area contributed by atoms with Gasteiger partial charge in [-0.3, -0.25) is 0 Å². The van der Waals surface area contributed by atoms with Crippen molar-refractivity contribution < 1.29 is 9.53 Å². The van der Waals surface area contributed by atoms with Gasteiger partial charge in [0, 0.05) is 0 Å². The van der Waals surface area contributed by atoms with E-state index in [1.165, 1.54) is 0 Å². The van der Waals surface area contributed by atoms with Gasteiger partial charge in [-0.25, -0.2) is 4.79 Å². The standard InChI is InChI=1S/C10H11O2/c1-3-12-10(11)9-7-5-4-6-8(9)2/h5-7H,3H2,1-2H3. The molecule has 0 heterocycles. The average molecular weight is 163 g/mol. The number of hydrogen-bond acceptors (Lipinski definition) is 2. The zero-order valence-corrected chi connectivity index (χ0v) is 7.26. The Bertz CT molecular complexity index is 279. The molecule has 0 bridgehead atoms. The smallest absolute Gasteiger partial charge is 0.338 e. The molecular formula is C10H11O2. The molecule has 1 aromatic rings. The molecule has 1 radical (unpaired) electrons. The van der Waals surface area contributed by atoms with Crippen molar-refractivity contribution in [3.63, 3.8) is 0 Å². The molecular weight excluding hydrogens is 152 g/mol. The van der Waals surface area contributed by atoms with Crippen molar-refractivity contribution in [2.75, 3.05) is 6.61 Å². The zero-order chi connectivity index (χ0) is 8.97. The van der Waals surface area contributed by atoms with E-state index in [0.29, 0.717) is 12.2 Å². The van der Waals surface area contributed by atoms with Crippen molar-refractivity contribution in [3.05, 3.63) is 35.4 Å². The van der Waals surface area contributed by atoms with E-state index in [0.717, 1.165) is 5.56 Å². The highest BCUT2D eigenvalue weighted by atomic mass is 16.5. The topological polar surface area (TPSA) is 26.3 Å². The Morgan fingerprint density at radius 1 is 1.67 bits per heavy atom. The second-order valence-corrected chi connectivity index (χ2v) is 2.46. The zero-order valence-electron chi connectivity index (χ0n) is 7.26. The summed E-state index contributed by atoms with van der Waals surface area (Å²) in [6.45, 7) is 4.07. The van der Waals surface area contributed by atoms with Crippen molar-refractivity contribution in [3.8, 4) is 0 Å². The van der Waals surface area contributed by atoms with Crippen LogP contribution in [-0.4, -0.2) is 12.6 Å². The van der Waals surface area contributed by atoms with Crippen LogP contribution in [0.3, 0.4) is 0 Å². The maximum atomic E-state index is 11.2. The monoisotopic (exact) mass is 163 g/mol. The highest BCUT2D eigenvalue weighted by molar-refractivity contribution is 5.90. The number of esters is 1. The molecule has 0 unspecified atom stereocenters. The minimum absolute atomic E-state index is 0.260. The Hall–Kier alpha value is -1.31. The molecule has 0 aliphatic carbocycles. The number of rotatable bonds is 2. The third-order valence-corrected chi connectivity index (χ3v) is 1.57. The first-order chi connectivity index (χ1) is 5.75. The van der Waals surface area contributed by atoms with Crippen LogP contribution < -0.4 is 0 Å². The van der Waals surface area contributed by atoms with Crippen LogP contribution in [0.5, 0.6) is 0 Å². The van der Waals surface area contributed by atoms with Gasteiger partial charge in [-0.05, 0) is 31.5 Å². The highest BCUT2D eigenvalue weighted by Gasteiger charge is 2.07. The maximum Gasteiger partial charge on any atom is 0.338 e. The molecule has 0 aliphatic rings. The van der Waals surface area contributed by atoms with Crippen LogP contribution in [0.25, 0.3) is 0 Å². The molecule has 2 heteroatoms. The third kappa shape index (κ3) is 1.84. The van der Waals surface area contributed by atoms with E-state index >= 15 is 0 Å². The summed E-state index contributed by atoms with van der Waals surface area (Å²) in [4.78, 5) is 11.2. The van der Waals surface area contributed by atoms with Crippen LogP contribution in [0.4, 0.5) is 0 Å². The van der Waals surface area contributed by atoms with Crippen LogP contribution in [0.15, 0.2) is 18.2 Å². The molecule has 0 saturated heterocycles. The van der Waals surface area contributed by atoms with E-state index in [2.05, 4.69) is 6.07 Å². The molecule has 0 aliphatic heterocycles. The summed E-state index contributed by atoms with van der Waals surface area (Å²) in [7, 11) is 0. The lowest BCUT2D eigenvalue weighted by molar-refractivity contribution is 0.0525. The molecule has 0 atom stereocenters. The summed E-state index contributed by atoms with van der Waals surface area (Å²) in [5.74, 6) is -0.260. The molecule has 0 saturated carbocycles. The van der Waals surface area contributed by atoms with Gasteiger partial charge in [0.05, 0.1) is 12.2 Å². The Kier molecular flexibility index (Phi) is 2.86. The van der Waals surface area contributed by atoms with Gasteiger partial charge in [0.2, 0.25) is 0 Å². The van der Waals surface area contributed by atoms with Crippen LogP contribution in [0.2, 0.25) is 0 Å². The molecule has 0 aromatic heterocycles. The quantitative estimate of drug-likeness (QED) is 0.623. The first-order valence-electron chi connectivity index (χ1n) is 3.89. The van der Waals surface area contributed by atoms with E-state index in [9.17, 15) is 4.79 Å². The van der Waals surface area contributed by atoms with Gasteiger partial charge in [-0.2, -0.15) is 0 Å². The number of aryl methyl sites for hydroxylation is 1. The van der Waals surface area contributed by atoms with E-state index < -0.39 is 0 Å². The Labute approximate surface area is 72.2 Å². The predicted octanol–water partition coefficient (Wildman–Crippen LogP) is 1.97. The van der Waals surface area contributed by atoms with Crippen LogP contribution in [0, 0.1) is 13.0 Å². The molecule has 1 rings (SSSR count). The molecule has 12 heavy (non-hydrogen) atoms. The fourth-order valence-electron chi connectivity index (χ4n) is 0.952. The molecule has 0 N–H and O–H groups in total. The third-order valence-electron chi connectivity index (χ3n) is 1.57. The first-order valence-corrected chi connectivity index (χ1v) is 3.89. The number of benzene rings is 1. The van der Waals surface area contributed by atoms with Gasteiger partial charge in [0.1, 0.15) is 0 Å². The number of hydrogen-bond donors (Lipinski definition) is 0. The summed E-state index contributed by atoms with van der Waals surface area (Å²) < 4.78 is 4.86. The van der Waals surface area contributed by atoms with Gasteiger partial charge in [0.15, 0.2) is 0 Å². The largest absolute Gasteiger partial charge is 0.462 e. The van der Waals surface area contributed by atoms with Gasteiger partial charge in [-0.1, -0.05) is 12.1 Å². The van der Waals surface area contributed by atoms with E-state index in [1.54, 1.807) is 25.1 Å². The summed E-state index contributed by atoms with van der Waals surface area (Å²) in [5.41, 5.74) is 1.52. The minimum Gasteiger partial charge on any atom is -0.462 e. The van der Waals surface area contributed by atoms with Gasteiger partial charge < -0.3 is 4.74 Å². The van der Waals surface area contributed by atoms with Crippen molar-refractivity contribution in [1.82, 2.24) is 0 Å². The van der Waals surface area contributed by atoms with Gasteiger partial charge in [-0.15, -0.1) is 0 Å². The van der Waals surface area contributed by atoms with E-state index in [4.69, 9.17) is 4.74 Å². The Morgan fingerprint density at radius 3 is 3.00 bits per heavy atom. The second-order valence-electron chi connectivity index (χ2n) is 2.46. The number of carbonyl (C=O) groups is 1. The minimum atomic E-state index is -0.260. The average Bonchev–Trinajstić information content (AvgIpc) is 2.05. The van der Waals surface area contributed by atoms with E-state index in [1.807, 2.05) is 6.92 Å². The lowest BCUT2D eigenvalue weighted by Gasteiger charge is -2.03. The second kappa shape index (κ2) is 3.90. The number of carbonyl (C=O) groups excluding carboxylic acids is 1. The summed E-state index contributed by atoms with van der Waals surface area (Å²) in [6, 6.07) is 8.08. The summed E-state index contributed by atoms with van der Waals surface area (Å²) >= 11 is 0. The number of ether oxygens (including phenoxy) is 1. The fourth-order valence-corrected chi connectivity index (χ4v) is 0.952. The van der Waals surface area contributed by atoms with Crippen molar-refractivity contribution in [2.45, 2.75) is 13.8 Å². The molecule has 63 valence electrons. The Balaban J connectivity index is 2.87. The van der Waals surface area contributed by atoms with E-state index in [-0.39, 0.29) is 5.97 Å². The van der Waals surface area contributed by atoms with Crippen molar-refractivity contribution in [2.24, 2.45) is 0 Å². The summed E-state index contributed by atoms with van der Waals surface area (Å²) in [6.07, 6.45) is 0. The molecule has 2 nitrogen and oxygen atoms in total. The van der Waals surface area contributed by atoms with Gasteiger partial charge in [0.25, 0.3) is 0 Å². The van der Waals surface area contributed by atoms with Crippen LogP contribution >= 0.6 is 0 Å². The van der Waals surface area contributed by atoms with Crippen molar-refractivity contribution in [1.29, 1.82) is 0 Å². The SMILES string of the molecule is CCOC(=O)c1cc[c]cc1C. The molecule has 0 spiro atoms. The van der Waals surface area contributed by atoms with Crippen molar-refractivity contribution >= 4 is 5.97 Å². The predicted molar refractivity (Wildman–Crippen MR) is 46.0 cm³/mol. The van der Waals surface area contributed by atoms with Gasteiger partial charge >= 0.3 is 5.97 Å². The van der Waals surface area contributed by atoms with Crippen LogP contribution in [0.1, 0.15) is 22.8 Å². The first kappa shape index (κ1) is 8.78. The molecule has 0 fully saturated rings. The summed E-state index contributed by atoms with van der Waals surface area (Å²) in [5, 5.41) is 0. The maximum absolute atomic E-state index is 11.2. The molecule has 0 amide bonds. The molecule has 1 aromatic carbocycles. The lowest BCUT2D eigenvalue weighted by Crippen LogP contribution is -2.06. The fraction of sp³-hybridized carbons (Fsp3) is 0.300. The normalized spacial score (nSPS) is 9.50. The van der Waals surface area contributed by atoms with Crippen LogP contribution in [-0.2, 0) is 4.74 Å².